The molecule has 0 amide bonds. The zero-order chi connectivity index (χ0) is 16.8. The van der Waals surface area contributed by atoms with Gasteiger partial charge in [0.25, 0.3) is 0 Å². The molecule has 0 radical (unpaired) electrons. The minimum absolute atomic E-state index is 0.591. The minimum Gasteiger partial charge on any atom is -0.379 e. The van der Waals surface area contributed by atoms with Crippen LogP contribution in [0.25, 0.3) is 0 Å². The molecule has 1 aromatic carbocycles. The van der Waals surface area contributed by atoms with Gasteiger partial charge in [-0.1, -0.05) is 15.9 Å². The number of benzene rings is 1. The van der Waals surface area contributed by atoms with Crippen LogP contribution in [0.15, 0.2) is 34.9 Å². The summed E-state index contributed by atoms with van der Waals surface area (Å²) in [5.41, 5.74) is 2.14. The highest BCUT2D eigenvalue weighted by atomic mass is 79.9. The summed E-state index contributed by atoms with van der Waals surface area (Å²) in [4.78, 5) is 11.2. The van der Waals surface area contributed by atoms with Crippen molar-refractivity contribution in [1.29, 1.82) is 0 Å². The number of hydrogen-bond acceptors (Lipinski definition) is 6. The lowest BCUT2D eigenvalue weighted by Crippen LogP contribution is -2.39. The predicted molar refractivity (Wildman–Crippen MR) is 99.9 cm³/mol. The van der Waals surface area contributed by atoms with E-state index < -0.39 is 0 Å². The van der Waals surface area contributed by atoms with E-state index in [1.165, 1.54) is 5.56 Å². The van der Waals surface area contributed by atoms with Gasteiger partial charge in [0.15, 0.2) is 0 Å². The Bertz CT molecular complexity index is 676. The summed E-state index contributed by atoms with van der Waals surface area (Å²) in [7, 11) is 0. The molecule has 1 fully saturated rings. The van der Waals surface area contributed by atoms with Gasteiger partial charge in [-0.15, -0.1) is 0 Å². The van der Waals surface area contributed by atoms with Crippen LogP contribution in [0, 0.1) is 6.92 Å². The van der Waals surface area contributed by atoms with Crippen LogP contribution in [0.3, 0.4) is 0 Å². The number of morpholine rings is 1. The average Bonchev–Trinajstić information content (AvgIpc) is 2.60. The molecule has 24 heavy (non-hydrogen) atoms. The molecule has 1 aliphatic heterocycles. The molecule has 6 nitrogen and oxygen atoms in total. The number of aromatic nitrogens is 2. The normalized spacial score (nSPS) is 15.2. The maximum absolute atomic E-state index is 5.36. The lowest BCUT2D eigenvalue weighted by atomic mass is 10.2. The molecule has 1 aromatic heterocycles. The van der Waals surface area contributed by atoms with Crippen molar-refractivity contribution in [2.24, 2.45) is 0 Å². The highest BCUT2D eigenvalue weighted by Gasteiger charge is 2.09. The molecule has 0 atom stereocenters. The van der Waals surface area contributed by atoms with Gasteiger partial charge in [0.2, 0.25) is 5.95 Å². The summed E-state index contributed by atoms with van der Waals surface area (Å²) in [6, 6.07) is 7.96. The van der Waals surface area contributed by atoms with Crippen molar-refractivity contribution >= 4 is 33.4 Å². The zero-order valence-electron chi connectivity index (χ0n) is 13.8. The van der Waals surface area contributed by atoms with E-state index in [4.69, 9.17) is 4.74 Å². The van der Waals surface area contributed by atoms with Gasteiger partial charge < -0.3 is 15.4 Å². The van der Waals surface area contributed by atoms with Crippen molar-refractivity contribution in [3.8, 4) is 0 Å². The molecular formula is C17H22BrN5O. The SMILES string of the molecule is Cc1cc(Nc2nccc(NCCN3CCOCC3)n2)ccc1Br. The van der Waals surface area contributed by atoms with Crippen molar-refractivity contribution in [3.63, 3.8) is 0 Å². The number of hydrogen-bond donors (Lipinski definition) is 2. The number of nitrogens with zero attached hydrogens (tertiary/aromatic N) is 3. The highest BCUT2D eigenvalue weighted by molar-refractivity contribution is 9.10. The van der Waals surface area contributed by atoms with E-state index in [9.17, 15) is 0 Å². The van der Waals surface area contributed by atoms with E-state index in [0.717, 1.165) is 55.4 Å². The number of halogens is 1. The van der Waals surface area contributed by atoms with Crippen LogP contribution in [-0.4, -0.2) is 54.3 Å². The summed E-state index contributed by atoms with van der Waals surface area (Å²) in [6.07, 6.45) is 1.76. The summed E-state index contributed by atoms with van der Waals surface area (Å²) >= 11 is 3.51. The van der Waals surface area contributed by atoms with Crippen LogP contribution in [0.4, 0.5) is 17.5 Å². The third kappa shape index (κ3) is 4.90. The number of anilines is 3. The second-order valence-electron chi connectivity index (χ2n) is 5.74. The van der Waals surface area contributed by atoms with Gasteiger partial charge in [-0.25, -0.2) is 4.98 Å². The van der Waals surface area contributed by atoms with Gasteiger partial charge >= 0.3 is 0 Å². The first-order valence-corrected chi connectivity index (χ1v) is 8.90. The minimum atomic E-state index is 0.591. The molecule has 0 unspecified atom stereocenters. The standard InChI is InChI=1S/C17H22BrN5O/c1-13-12-14(2-3-15(13)18)21-17-20-5-4-16(22-17)19-6-7-23-8-10-24-11-9-23/h2-5,12H,6-11H2,1H3,(H2,19,20,21,22). The first kappa shape index (κ1) is 17.1. The Labute approximate surface area is 150 Å². The molecule has 2 N–H and O–H groups in total. The quantitative estimate of drug-likeness (QED) is 0.788. The Morgan fingerprint density at radius 1 is 1.25 bits per heavy atom. The first-order chi connectivity index (χ1) is 11.7. The molecular weight excluding hydrogens is 370 g/mol. The second-order valence-corrected chi connectivity index (χ2v) is 6.59. The molecule has 7 heteroatoms. The third-order valence-electron chi connectivity index (χ3n) is 3.91. The van der Waals surface area contributed by atoms with Crippen LogP contribution < -0.4 is 10.6 Å². The van der Waals surface area contributed by atoms with E-state index >= 15 is 0 Å². The summed E-state index contributed by atoms with van der Waals surface area (Å²) < 4.78 is 6.45. The third-order valence-corrected chi connectivity index (χ3v) is 4.80. The van der Waals surface area contributed by atoms with E-state index in [2.05, 4.69) is 54.4 Å². The first-order valence-electron chi connectivity index (χ1n) is 8.11. The molecule has 0 saturated carbocycles. The van der Waals surface area contributed by atoms with Crippen LogP contribution in [0.5, 0.6) is 0 Å². The Morgan fingerprint density at radius 2 is 2.08 bits per heavy atom. The van der Waals surface area contributed by atoms with Crippen LogP contribution in [0.2, 0.25) is 0 Å². The molecule has 3 rings (SSSR count). The molecule has 1 saturated heterocycles. The molecule has 2 heterocycles. The van der Waals surface area contributed by atoms with Crippen molar-refractivity contribution in [1.82, 2.24) is 14.9 Å². The van der Waals surface area contributed by atoms with Gasteiger partial charge in [0, 0.05) is 42.5 Å². The van der Waals surface area contributed by atoms with E-state index in [0.29, 0.717) is 5.95 Å². The van der Waals surface area contributed by atoms with Crippen LogP contribution >= 0.6 is 15.9 Å². The van der Waals surface area contributed by atoms with Crippen LogP contribution in [0.1, 0.15) is 5.56 Å². The summed E-state index contributed by atoms with van der Waals surface area (Å²) in [6.45, 7) is 7.56. The zero-order valence-corrected chi connectivity index (χ0v) is 15.3. The fourth-order valence-electron chi connectivity index (χ4n) is 2.54. The molecule has 0 bridgehead atoms. The van der Waals surface area contributed by atoms with Gasteiger partial charge in [-0.2, -0.15) is 4.98 Å². The van der Waals surface area contributed by atoms with E-state index in [-0.39, 0.29) is 0 Å². The predicted octanol–water partition coefficient (Wildman–Crippen LogP) is 3.04. The maximum Gasteiger partial charge on any atom is 0.229 e. The Balaban J connectivity index is 1.54. The van der Waals surface area contributed by atoms with E-state index in [1.54, 1.807) is 6.20 Å². The second kappa shape index (κ2) is 8.41. The van der Waals surface area contributed by atoms with Crippen molar-refractivity contribution in [2.45, 2.75) is 6.92 Å². The van der Waals surface area contributed by atoms with Crippen molar-refractivity contribution in [2.75, 3.05) is 50.0 Å². The number of nitrogens with one attached hydrogen (secondary N) is 2. The van der Waals surface area contributed by atoms with Gasteiger partial charge in [0.1, 0.15) is 5.82 Å². The Hall–Kier alpha value is -1.70. The molecule has 1 aliphatic rings. The maximum atomic E-state index is 5.36. The molecule has 128 valence electrons. The molecule has 0 spiro atoms. The number of rotatable bonds is 6. The molecule has 0 aliphatic carbocycles. The summed E-state index contributed by atoms with van der Waals surface area (Å²) in [5.74, 6) is 1.42. The van der Waals surface area contributed by atoms with Crippen LogP contribution in [-0.2, 0) is 4.74 Å². The Kier molecular flexibility index (Phi) is 6.01. The number of ether oxygens (including phenoxy) is 1. The lowest BCUT2D eigenvalue weighted by molar-refractivity contribution is 0.0398. The lowest BCUT2D eigenvalue weighted by Gasteiger charge is -2.26. The fourth-order valence-corrected chi connectivity index (χ4v) is 2.78. The highest BCUT2D eigenvalue weighted by Crippen LogP contribution is 2.22. The average molecular weight is 392 g/mol. The van der Waals surface area contributed by atoms with Gasteiger partial charge in [-0.05, 0) is 36.8 Å². The topological polar surface area (TPSA) is 62.3 Å². The smallest absolute Gasteiger partial charge is 0.229 e. The monoisotopic (exact) mass is 391 g/mol. The summed E-state index contributed by atoms with van der Waals surface area (Å²) in [5, 5.41) is 6.60. The number of aryl methyl sites for hydroxylation is 1. The van der Waals surface area contributed by atoms with Crippen molar-refractivity contribution in [3.05, 3.63) is 40.5 Å². The Morgan fingerprint density at radius 3 is 2.88 bits per heavy atom. The van der Waals surface area contributed by atoms with E-state index in [1.807, 2.05) is 18.2 Å². The van der Waals surface area contributed by atoms with Gasteiger partial charge in [0.05, 0.1) is 13.2 Å². The fraction of sp³-hybridized carbons (Fsp3) is 0.412. The van der Waals surface area contributed by atoms with Crippen molar-refractivity contribution < 1.29 is 4.74 Å². The largest absolute Gasteiger partial charge is 0.379 e. The molecule has 2 aromatic rings. The van der Waals surface area contributed by atoms with Gasteiger partial charge in [-0.3, -0.25) is 4.90 Å².